The Morgan fingerprint density at radius 1 is 1.11 bits per heavy atom. The lowest BCUT2D eigenvalue weighted by Crippen LogP contribution is -2.10. The molecule has 2 N–H and O–H groups in total. The maximum atomic E-state index is 12.7. The Bertz CT molecular complexity index is 579. The van der Waals surface area contributed by atoms with Crippen LogP contribution in [0.5, 0.6) is 0 Å². The summed E-state index contributed by atoms with van der Waals surface area (Å²) in [6.07, 6.45) is -1.87. The second-order valence-corrected chi connectivity index (χ2v) is 3.80. The fourth-order valence-corrected chi connectivity index (χ4v) is 1.64. The average Bonchev–Trinajstić information content (AvgIpc) is 2.27. The molecule has 0 aliphatic carbocycles. The largest absolute Gasteiger partial charge is 0.418 e. The molecule has 0 aliphatic rings. The van der Waals surface area contributed by atoms with Gasteiger partial charge in [-0.05, 0) is 25.1 Å². The first-order valence-corrected chi connectivity index (χ1v) is 5.14. The van der Waals surface area contributed by atoms with Crippen LogP contribution in [0.1, 0.15) is 11.3 Å². The number of nitrogens with two attached hydrogens (primary N) is 1. The summed E-state index contributed by atoms with van der Waals surface area (Å²) >= 11 is 0. The van der Waals surface area contributed by atoms with E-state index in [1.54, 1.807) is 19.1 Å². The molecular weight excluding hydrogens is 243 g/mol. The third-order valence-electron chi connectivity index (χ3n) is 2.47. The van der Waals surface area contributed by atoms with Crippen molar-refractivity contribution in [1.29, 1.82) is 0 Å². The van der Waals surface area contributed by atoms with Crippen molar-refractivity contribution in [3.63, 3.8) is 0 Å². The summed E-state index contributed by atoms with van der Waals surface area (Å²) in [4.78, 5) is 7.89. The van der Waals surface area contributed by atoms with Gasteiger partial charge in [-0.25, -0.2) is 0 Å². The van der Waals surface area contributed by atoms with E-state index in [2.05, 4.69) is 9.97 Å². The van der Waals surface area contributed by atoms with Crippen LogP contribution in [0.25, 0.3) is 11.3 Å². The van der Waals surface area contributed by atoms with Gasteiger partial charge in [-0.2, -0.15) is 13.2 Å². The minimum absolute atomic E-state index is 0.121. The minimum Gasteiger partial charge on any atom is -0.396 e. The molecule has 0 aromatic carbocycles. The molecule has 0 fully saturated rings. The topological polar surface area (TPSA) is 51.8 Å². The number of pyridine rings is 2. The maximum absolute atomic E-state index is 12.7. The monoisotopic (exact) mass is 253 g/mol. The standard InChI is InChI=1S/C12H10F3N3/c1-7-6-8(2-4-17-7)11-10(16)9(3-5-18-11)12(13,14)15/h2-6H,16H2,1H3. The summed E-state index contributed by atoms with van der Waals surface area (Å²) in [5, 5.41) is 0. The zero-order chi connectivity index (χ0) is 13.3. The third-order valence-corrected chi connectivity index (χ3v) is 2.47. The molecule has 18 heavy (non-hydrogen) atoms. The molecular formula is C12H10F3N3. The number of alkyl halides is 3. The maximum Gasteiger partial charge on any atom is 0.418 e. The van der Waals surface area contributed by atoms with Gasteiger partial charge in [-0.3, -0.25) is 9.97 Å². The van der Waals surface area contributed by atoms with Crippen molar-refractivity contribution in [2.24, 2.45) is 0 Å². The van der Waals surface area contributed by atoms with E-state index >= 15 is 0 Å². The van der Waals surface area contributed by atoms with Crippen LogP contribution < -0.4 is 5.73 Å². The predicted octanol–water partition coefficient (Wildman–Crippen LogP) is 3.05. The molecule has 3 nitrogen and oxygen atoms in total. The van der Waals surface area contributed by atoms with Crippen molar-refractivity contribution in [2.45, 2.75) is 13.1 Å². The zero-order valence-corrected chi connectivity index (χ0v) is 9.49. The lowest BCUT2D eigenvalue weighted by Gasteiger charge is -2.12. The summed E-state index contributed by atoms with van der Waals surface area (Å²) in [7, 11) is 0. The van der Waals surface area contributed by atoms with E-state index in [4.69, 9.17) is 5.73 Å². The quantitative estimate of drug-likeness (QED) is 0.849. The first-order chi connectivity index (χ1) is 8.39. The predicted molar refractivity (Wildman–Crippen MR) is 61.6 cm³/mol. The number of rotatable bonds is 1. The highest BCUT2D eigenvalue weighted by Crippen LogP contribution is 2.37. The highest BCUT2D eigenvalue weighted by molar-refractivity contribution is 5.75. The van der Waals surface area contributed by atoms with E-state index < -0.39 is 11.7 Å². The first kappa shape index (κ1) is 12.3. The van der Waals surface area contributed by atoms with Crippen molar-refractivity contribution in [2.75, 3.05) is 5.73 Å². The molecule has 2 heterocycles. The Balaban J connectivity index is 2.60. The Kier molecular flexibility index (Phi) is 2.94. The Morgan fingerprint density at radius 3 is 2.39 bits per heavy atom. The molecule has 0 aliphatic heterocycles. The molecule has 0 unspecified atom stereocenters. The van der Waals surface area contributed by atoms with Gasteiger partial charge in [0.1, 0.15) is 0 Å². The molecule has 2 aromatic rings. The van der Waals surface area contributed by atoms with Gasteiger partial charge in [0.05, 0.1) is 16.9 Å². The molecule has 6 heteroatoms. The number of nitrogens with zero attached hydrogens (tertiary/aromatic N) is 2. The van der Waals surface area contributed by atoms with Gasteiger partial charge in [0.25, 0.3) is 0 Å². The highest BCUT2D eigenvalue weighted by atomic mass is 19.4. The molecule has 2 aromatic heterocycles. The fraction of sp³-hybridized carbons (Fsp3) is 0.167. The molecule has 0 amide bonds. The van der Waals surface area contributed by atoms with Crippen LogP contribution in [0.15, 0.2) is 30.6 Å². The van der Waals surface area contributed by atoms with Crippen LogP contribution in [0.4, 0.5) is 18.9 Å². The number of hydrogen-bond acceptors (Lipinski definition) is 3. The van der Waals surface area contributed by atoms with Crippen molar-refractivity contribution < 1.29 is 13.2 Å². The summed E-state index contributed by atoms with van der Waals surface area (Å²) in [5.41, 5.74) is 5.64. The van der Waals surface area contributed by atoms with Gasteiger partial charge in [0, 0.05) is 23.7 Å². The van der Waals surface area contributed by atoms with Crippen LogP contribution in [0, 0.1) is 6.92 Å². The normalized spacial score (nSPS) is 11.6. The lowest BCUT2D eigenvalue weighted by atomic mass is 10.1. The first-order valence-electron chi connectivity index (χ1n) is 5.14. The van der Waals surface area contributed by atoms with Crippen molar-refractivity contribution >= 4 is 5.69 Å². The van der Waals surface area contributed by atoms with Gasteiger partial charge < -0.3 is 5.73 Å². The van der Waals surface area contributed by atoms with E-state index in [1.807, 2.05) is 0 Å². The van der Waals surface area contributed by atoms with Gasteiger partial charge in [-0.15, -0.1) is 0 Å². The SMILES string of the molecule is Cc1cc(-c2nccc(C(F)(F)F)c2N)ccn1. The van der Waals surface area contributed by atoms with Gasteiger partial charge >= 0.3 is 6.18 Å². The van der Waals surface area contributed by atoms with E-state index in [0.717, 1.165) is 12.3 Å². The summed E-state index contributed by atoms with van der Waals surface area (Å²) < 4.78 is 38.1. The minimum atomic E-state index is -4.48. The second-order valence-electron chi connectivity index (χ2n) is 3.80. The number of aryl methyl sites for hydroxylation is 1. The molecule has 0 radical (unpaired) electrons. The number of halogens is 3. The molecule has 94 valence electrons. The van der Waals surface area contributed by atoms with Crippen molar-refractivity contribution in [3.8, 4) is 11.3 Å². The third kappa shape index (κ3) is 2.27. The zero-order valence-electron chi connectivity index (χ0n) is 9.49. The van der Waals surface area contributed by atoms with E-state index in [9.17, 15) is 13.2 Å². The summed E-state index contributed by atoms with van der Waals surface area (Å²) in [6, 6.07) is 4.08. The van der Waals surface area contributed by atoms with Crippen molar-refractivity contribution in [3.05, 3.63) is 41.9 Å². The molecule has 0 atom stereocenters. The molecule has 2 rings (SSSR count). The lowest BCUT2D eigenvalue weighted by molar-refractivity contribution is -0.136. The van der Waals surface area contributed by atoms with Crippen molar-refractivity contribution in [1.82, 2.24) is 9.97 Å². The number of nitrogen functional groups attached to an aromatic ring is 1. The molecule has 0 saturated carbocycles. The number of anilines is 1. The molecule has 0 saturated heterocycles. The number of aromatic nitrogens is 2. The second kappa shape index (κ2) is 4.29. The highest BCUT2D eigenvalue weighted by Gasteiger charge is 2.34. The van der Waals surface area contributed by atoms with Crippen LogP contribution in [0.2, 0.25) is 0 Å². The van der Waals surface area contributed by atoms with Gasteiger partial charge in [0.2, 0.25) is 0 Å². The Labute approximate surface area is 101 Å². The summed E-state index contributed by atoms with van der Waals surface area (Å²) in [5.74, 6) is 0. The van der Waals surface area contributed by atoms with E-state index in [-0.39, 0.29) is 11.4 Å². The Hall–Kier alpha value is -2.11. The van der Waals surface area contributed by atoms with E-state index in [1.165, 1.54) is 6.20 Å². The van der Waals surface area contributed by atoms with Gasteiger partial charge in [0.15, 0.2) is 0 Å². The van der Waals surface area contributed by atoms with Crippen LogP contribution >= 0.6 is 0 Å². The summed E-state index contributed by atoms with van der Waals surface area (Å²) in [6.45, 7) is 1.74. The molecule has 0 spiro atoms. The fourth-order valence-electron chi connectivity index (χ4n) is 1.64. The van der Waals surface area contributed by atoms with Gasteiger partial charge in [-0.1, -0.05) is 0 Å². The van der Waals surface area contributed by atoms with Crippen LogP contribution in [-0.2, 0) is 6.18 Å². The average molecular weight is 253 g/mol. The van der Waals surface area contributed by atoms with E-state index in [0.29, 0.717) is 11.3 Å². The van der Waals surface area contributed by atoms with Crippen LogP contribution in [-0.4, -0.2) is 9.97 Å². The smallest absolute Gasteiger partial charge is 0.396 e. The van der Waals surface area contributed by atoms with Crippen LogP contribution in [0.3, 0.4) is 0 Å². The Morgan fingerprint density at radius 2 is 1.78 bits per heavy atom. The molecule has 0 bridgehead atoms. The number of hydrogen-bond donors (Lipinski definition) is 1.